The van der Waals surface area contributed by atoms with Gasteiger partial charge in [0.05, 0.1) is 11.3 Å². The standard InChI is InChI=1S/C14H13BrCl2N2O2/c1-6(2)11-12(17)18-14(21)19(13(11)20)10-5-9(16)7(3)4-8(10)15/h4-6H,1-3H3,(H,18,21). The molecule has 0 fully saturated rings. The highest BCUT2D eigenvalue weighted by Gasteiger charge is 2.18. The van der Waals surface area contributed by atoms with Gasteiger partial charge < -0.3 is 0 Å². The number of H-pyrrole nitrogens is 1. The van der Waals surface area contributed by atoms with Gasteiger partial charge in [0.25, 0.3) is 5.56 Å². The monoisotopic (exact) mass is 390 g/mol. The second-order valence-electron chi connectivity index (χ2n) is 5.01. The van der Waals surface area contributed by atoms with Crippen LogP contribution in [0.5, 0.6) is 0 Å². The molecule has 4 nitrogen and oxygen atoms in total. The minimum atomic E-state index is -0.602. The smallest absolute Gasteiger partial charge is 0.297 e. The van der Waals surface area contributed by atoms with Gasteiger partial charge in [-0.2, -0.15) is 0 Å². The molecule has 0 amide bonds. The Morgan fingerprint density at radius 1 is 1.24 bits per heavy atom. The van der Waals surface area contributed by atoms with Gasteiger partial charge in [0, 0.05) is 9.50 Å². The Balaban J connectivity index is 2.89. The third-order valence-electron chi connectivity index (χ3n) is 3.14. The number of nitrogens with one attached hydrogen (secondary N) is 1. The van der Waals surface area contributed by atoms with Crippen LogP contribution in [0.1, 0.15) is 30.9 Å². The van der Waals surface area contributed by atoms with E-state index in [0.717, 1.165) is 10.1 Å². The van der Waals surface area contributed by atoms with E-state index in [1.807, 2.05) is 20.8 Å². The number of hydrogen-bond donors (Lipinski definition) is 1. The molecular weight excluding hydrogens is 379 g/mol. The minimum absolute atomic E-state index is 0.0746. The largest absolute Gasteiger partial charge is 0.334 e. The normalized spacial score (nSPS) is 11.2. The lowest BCUT2D eigenvalue weighted by molar-refractivity contribution is 0.776. The lowest BCUT2D eigenvalue weighted by Crippen LogP contribution is -2.36. The molecule has 0 aliphatic carbocycles. The number of rotatable bonds is 2. The molecule has 0 atom stereocenters. The molecule has 1 aromatic heterocycles. The van der Waals surface area contributed by atoms with E-state index >= 15 is 0 Å². The fourth-order valence-corrected chi connectivity index (χ4v) is 3.22. The molecule has 0 saturated heterocycles. The summed E-state index contributed by atoms with van der Waals surface area (Å²) in [6.45, 7) is 5.51. The summed E-state index contributed by atoms with van der Waals surface area (Å²) < 4.78 is 1.64. The van der Waals surface area contributed by atoms with E-state index in [4.69, 9.17) is 23.2 Å². The van der Waals surface area contributed by atoms with Crippen molar-refractivity contribution in [3.63, 3.8) is 0 Å². The van der Waals surface area contributed by atoms with Gasteiger partial charge in [-0.05, 0) is 46.5 Å². The molecule has 1 heterocycles. The number of nitrogens with zero attached hydrogens (tertiary/aromatic N) is 1. The summed E-state index contributed by atoms with van der Waals surface area (Å²) in [4.78, 5) is 27.2. The Morgan fingerprint density at radius 3 is 2.43 bits per heavy atom. The molecule has 7 heteroatoms. The first-order chi connectivity index (χ1) is 9.73. The van der Waals surface area contributed by atoms with Gasteiger partial charge in [0.15, 0.2) is 0 Å². The fraction of sp³-hybridized carbons (Fsp3) is 0.286. The van der Waals surface area contributed by atoms with E-state index in [0.29, 0.717) is 20.7 Å². The molecule has 0 unspecified atom stereocenters. The van der Waals surface area contributed by atoms with Gasteiger partial charge in [-0.1, -0.05) is 37.0 Å². The van der Waals surface area contributed by atoms with Crippen molar-refractivity contribution in [3.05, 3.63) is 58.7 Å². The second-order valence-corrected chi connectivity index (χ2v) is 6.65. The molecule has 112 valence electrons. The number of halogens is 3. The van der Waals surface area contributed by atoms with Crippen LogP contribution in [0.25, 0.3) is 5.69 Å². The lowest BCUT2D eigenvalue weighted by Gasteiger charge is -2.13. The zero-order chi connectivity index (χ0) is 15.9. The van der Waals surface area contributed by atoms with Crippen molar-refractivity contribution in [1.29, 1.82) is 0 Å². The molecule has 0 aliphatic heterocycles. The molecular formula is C14H13BrCl2N2O2. The van der Waals surface area contributed by atoms with E-state index in [2.05, 4.69) is 20.9 Å². The number of benzene rings is 1. The number of aromatic nitrogens is 2. The molecule has 0 bridgehead atoms. The quantitative estimate of drug-likeness (QED) is 0.785. The maximum atomic E-state index is 12.6. The van der Waals surface area contributed by atoms with Crippen LogP contribution in [-0.2, 0) is 0 Å². The highest BCUT2D eigenvalue weighted by molar-refractivity contribution is 9.10. The van der Waals surface area contributed by atoms with Crippen LogP contribution in [0.3, 0.4) is 0 Å². The maximum Gasteiger partial charge on any atom is 0.334 e. The van der Waals surface area contributed by atoms with Gasteiger partial charge in [-0.3, -0.25) is 9.78 Å². The van der Waals surface area contributed by atoms with Crippen molar-refractivity contribution < 1.29 is 0 Å². The predicted molar refractivity (Wildman–Crippen MR) is 89.2 cm³/mol. The fourth-order valence-electron chi connectivity index (χ4n) is 2.05. The van der Waals surface area contributed by atoms with Crippen molar-refractivity contribution in [3.8, 4) is 5.69 Å². The summed E-state index contributed by atoms with van der Waals surface area (Å²) in [6.07, 6.45) is 0. The van der Waals surface area contributed by atoms with E-state index in [9.17, 15) is 9.59 Å². The molecule has 0 saturated carbocycles. The molecule has 1 N–H and O–H groups in total. The first-order valence-electron chi connectivity index (χ1n) is 6.24. The topological polar surface area (TPSA) is 54.9 Å². The van der Waals surface area contributed by atoms with Gasteiger partial charge in [0.2, 0.25) is 0 Å². The average Bonchev–Trinajstić information content (AvgIpc) is 2.34. The summed E-state index contributed by atoms with van der Waals surface area (Å²) in [7, 11) is 0. The summed E-state index contributed by atoms with van der Waals surface area (Å²) >= 11 is 15.4. The third kappa shape index (κ3) is 2.96. The van der Waals surface area contributed by atoms with Crippen LogP contribution in [0.2, 0.25) is 10.2 Å². The Labute approximate surface area is 139 Å². The van der Waals surface area contributed by atoms with Gasteiger partial charge in [-0.25, -0.2) is 9.36 Å². The molecule has 2 aromatic rings. The van der Waals surface area contributed by atoms with Crippen molar-refractivity contribution in [2.45, 2.75) is 26.7 Å². The lowest BCUT2D eigenvalue weighted by atomic mass is 10.1. The Hall–Kier alpha value is -1.04. The van der Waals surface area contributed by atoms with Crippen molar-refractivity contribution in [1.82, 2.24) is 9.55 Å². The summed E-state index contributed by atoms with van der Waals surface area (Å²) in [5.41, 5.74) is 0.541. The van der Waals surface area contributed by atoms with Crippen molar-refractivity contribution in [2.24, 2.45) is 0 Å². The molecule has 0 spiro atoms. The summed E-state index contributed by atoms with van der Waals surface area (Å²) in [5.74, 6) is -0.118. The zero-order valence-electron chi connectivity index (χ0n) is 11.6. The van der Waals surface area contributed by atoms with Gasteiger partial charge >= 0.3 is 5.69 Å². The van der Waals surface area contributed by atoms with Crippen LogP contribution in [-0.4, -0.2) is 9.55 Å². The molecule has 1 aromatic carbocycles. The zero-order valence-corrected chi connectivity index (χ0v) is 14.7. The first kappa shape index (κ1) is 16.3. The van der Waals surface area contributed by atoms with Gasteiger partial charge in [-0.15, -0.1) is 0 Å². The number of hydrogen-bond acceptors (Lipinski definition) is 2. The highest BCUT2D eigenvalue weighted by Crippen LogP contribution is 2.27. The van der Waals surface area contributed by atoms with Crippen LogP contribution in [0.4, 0.5) is 0 Å². The SMILES string of the molecule is Cc1cc(Br)c(-n2c(=O)[nH]c(Cl)c(C(C)C)c2=O)cc1Cl. The average molecular weight is 392 g/mol. The summed E-state index contributed by atoms with van der Waals surface area (Å²) in [6, 6.07) is 3.34. The molecule has 2 rings (SSSR count). The highest BCUT2D eigenvalue weighted by atomic mass is 79.9. The number of aryl methyl sites for hydroxylation is 1. The van der Waals surface area contributed by atoms with Gasteiger partial charge in [0.1, 0.15) is 5.15 Å². The molecule has 21 heavy (non-hydrogen) atoms. The minimum Gasteiger partial charge on any atom is -0.297 e. The molecule has 0 radical (unpaired) electrons. The maximum absolute atomic E-state index is 12.6. The summed E-state index contributed by atoms with van der Waals surface area (Å²) in [5, 5.41) is 0.547. The Morgan fingerprint density at radius 2 is 1.86 bits per heavy atom. The van der Waals surface area contributed by atoms with Crippen LogP contribution >= 0.6 is 39.1 Å². The predicted octanol–water partition coefficient (Wildman–Crippen LogP) is 4.03. The van der Waals surface area contributed by atoms with E-state index in [-0.39, 0.29) is 11.1 Å². The third-order valence-corrected chi connectivity index (χ3v) is 4.48. The Kier molecular flexibility index (Phi) is 4.66. The van der Waals surface area contributed by atoms with E-state index in [1.165, 1.54) is 0 Å². The van der Waals surface area contributed by atoms with E-state index < -0.39 is 11.2 Å². The van der Waals surface area contributed by atoms with E-state index in [1.54, 1.807) is 12.1 Å². The van der Waals surface area contributed by atoms with Crippen LogP contribution in [0.15, 0.2) is 26.2 Å². The van der Waals surface area contributed by atoms with Crippen LogP contribution in [0, 0.1) is 6.92 Å². The number of aromatic amines is 1. The Bertz CT molecular complexity index is 825. The molecule has 0 aliphatic rings. The van der Waals surface area contributed by atoms with Crippen LogP contribution < -0.4 is 11.2 Å². The second kappa shape index (κ2) is 5.99. The first-order valence-corrected chi connectivity index (χ1v) is 7.79. The van der Waals surface area contributed by atoms with Crippen molar-refractivity contribution >= 4 is 39.1 Å². The van der Waals surface area contributed by atoms with Crippen molar-refractivity contribution in [2.75, 3.05) is 0 Å².